The molecule has 1 rings (SSSR count). The normalized spacial score (nSPS) is 12.7. The van der Waals surface area contributed by atoms with Crippen LogP contribution in [0, 0.1) is 11.3 Å². The van der Waals surface area contributed by atoms with Gasteiger partial charge < -0.3 is 10.2 Å². The molecule has 104 valence electrons. The third-order valence-corrected chi connectivity index (χ3v) is 3.05. The molecule has 1 unspecified atom stereocenters. The van der Waals surface area contributed by atoms with Crippen molar-refractivity contribution in [1.82, 2.24) is 9.97 Å². The van der Waals surface area contributed by atoms with Crippen molar-refractivity contribution >= 4 is 11.6 Å². The van der Waals surface area contributed by atoms with Crippen LogP contribution in [0.5, 0.6) is 0 Å². The molecule has 0 saturated heterocycles. The number of anilines is 2. The smallest absolute Gasteiger partial charge is 0.138 e. The van der Waals surface area contributed by atoms with Gasteiger partial charge in [-0.05, 0) is 6.92 Å². The molecule has 0 fully saturated rings. The Bertz CT molecular complexity index is 470. The van der Waals surface area contributed by atoms with E-state index in [4.69, 9.17) is 5.26 Å². The van der Waals surface area contributed by atoms with E-state index in [9.17, 15) is 0 Å². The maximum Gasteiger partial charge on any atom is 0.138 e. The maximum absolute atomic E-state index is 8.80. The molecular weight excluding hydrogens is 238 g/mol. The Balaban J connectivity index is 3.17. The van der Waals surface area contributed by atoms with E-state index in [0.29, 0.717) is 6.42 Å². The van der Waals surface area contributed by atoms with Crippen molar-refractivity contribution in [1.29, 1.82) is 5.26 Å². The molecule has 0 bridgehead atoms. The van der Waals surface area contributed by atoms with E-state index in [-0.39, 0.29) is 11.5 Å². The van der Waals surface area contributed by atoms with Crippen LogP contribution in [0.15, 0.2) is 6.07 Å². The van der Waals surface area contributed by atoms with Crippen LogP contribution in [0.3, 0.4) is 0 Å². The molecule has 5 nitrogen and oxygen atoms in total. The lowest BCUT2D eigenvalue weighted by Crippen LogP contribution is -2.30. The summed E-state index contributed by atoms with van der Waals surface area (Å²) in [5.41, 5.74) is -0.110. The van der Waals surface area contributed by atoms with E-state index in [1.165, 1.54) is 0 Å². The van der Waals surface area contributed by atoms with Gasteiger partial charge in [-0.15, -0.1) is 0 Å². The predicted octanol–water partition coefficient (Wildman–Crippen LogP) is 2.55. The van der Waals surface area contributed by atoms with Gasteiger partial charge in [0.15, 0.2) is 0 Å². The van der Waals surface area contributed by atoms with E-state index in [1.807, 2.05) is 32.0 Å². The number of hydrogen-bond donors (Lipinski definition) is 1. The van der Waals surface area contributed by atoms with Gasteiger partial charge in [0.1, 0.15) is 17.5 Å². The van der Waals surface area contributed by atoms with Gasteiger partial charge >= 0.3 is 0 Å². The SMILES string of the molecule is CNc1cc(N(C)C(C)CC#N)nc(C(C)(C)C)n1. The summed E-state index contributed by atoms with van der Waals surface area (Å²) >= 11 is 0. The molecule has 0 aromatic carbocycles. The van der Waals surface area contributed by atoms with Gasteiger partial charge in [-0.1, -0.05) is 20.8 Å². The Labute approximate surface area is 115 Å². The number of nitriles is 1. The quantitative estimate of drug-likeness (QED) is 0.902. The summed E-state index contributed by atoms with van der Waals surface area (Å²) in [7, 11) is 3.80. The predicted molar refractivity (Wildman–Crippen MR) is 78.4 cm³/mol. The summed E-state index contributed by atoms with van der Waals surface area (Å²) in [4.78, 5) is 11.1. The summed E-state index contributed by atoms with van der Waals surface area (Å²) < 4.78 is 0. The zero-order valence-corrected chi connectivity index (χ0v) is 12.7. The van der Waals surface area contributed by atoms with E-state index in [0.717, 1.165) is 17.5 Å². The number of nitrogens with one attached hydrogen (secondary N) is 1. The molecule has 0 aliphatic carbocycles. The summed E-state index contributed by atoms with van der Waals surface area (Å²) in [5.74, 6) is 2.43. The molecule has 0 saturated carbocycles. The van der Waals surface area contributed by atoms with E-state index < -0.39 is 0 Å². The van der Waals surface area contributed by atoms with Gasteiger partial charge in [0.2, 0.25) is 0 Å². The fraction of sp³-hybridized carbons (Fsp3) is 0.643. The van der Waals surface area contributed by atoms with Crippen LogP contribution in [-0.2, 0) is 5.41 Å². The molecule has 0 radical (unpaired) electrons. The van der Waals surface area contributed by atoms with Crippen LogP contribution in [0.1, 0.15) is 39.9 Å². The fourth-order valence-corrected chi connectivity index (χ4v) is 1.57. The monoisotopic (exact) mass is 261 g/mol. The highest BCUT2D eigenvalue weighted by atomic mass is 15.2. The van der Waals surface area contributed by atoms with Crippen LogP contribution >= 0.6 is 0 Å². The third kappa shape index (κ3) is 3.82. The van der Waals surface area contributed by atoms with Crippen molar-refractivity contribution in [3.8, 4) is 6.07 Å². The molecule has 19 heavy (non-hydrogen) atoms. The van der Waals surface area contributed by atoms with Crippen molar-refractivity contribution in [2.24, 2.45) is 0 Å². The molecule has 1 atom stereocenters. The molecule has 0 aliphatic heterocycles. The number of nitrogens with zero attached hydrogens (tertiary/aromatic N) is 4. The first-order chi connectivity index (χ1) is 8.79. The van der Waals surface area contributed by atoms with E-state index >= 15 is 0 Å². The van der Waals surface area contributed by atoms with Crippen molar-refractivity contribution in [2.75, 3.05) is 24.3 Å². The first-order valence-electron chi connectivity index (χ1n) is 6.46. The number of rotatable bonds is 4. The highest BCUT2D eigenvalue weighted by Gasteiger charge is 2.21. The first-order valence-corrected chi connectivity index (χ1v) is 6.46. The van der Waals surface area contributed by atoms with Crippen LogP contribution in [0.4, 0.5) is 11.6 Å². The topological polar surface area (TPSA) is 64.8 Å². The lowest BCUT2D eigenvalue weighted by atomic mass is 9.96. The Kier molecular flexibility index (Phi) is 4.71. The lowest BCUT2D eigenvalue weighted by molar-refractivity contribution is 0.543. The molecule has 5 heteroatoms. The zero-order valence-electron chi connectivity index (χ0n) is 12.7. The molecular formula is C14H23N5. The Morgan fingerprint density at radius 3 is 2.53 bits per heavy atom. The van der Waals surface area contributed by atoms with Crippen LogP contribution < -0.4 is 10.2 Å². The molecule has 1 heterocycles. The zero-order chi connectivity index (χ0) is 14.6. The summed E-state index contributed by atoms with van der Waals surface area (Å²) in [6, 6.07) is 4.22. The third-order valence-electron chi connectivity index (χ3n) is 3.05. The van der Waals surface area contributed by atoms with Crippen LogP contribution in [-0.4, -0.2) is 30.1 Å². The van der Waals surface area contributed by atoms with E-state index in [2.05, 4.69) is 42.1 Å². The summed E-state index contributed by atoms with van der Waals surface area (Å²) in [6.45, 7) is 8.28. The van der Waals surface area contributed by atoms with Gasteiger partial charge in [0.25, 0.3) is 0 Å². The lowest BCUT2D eigenvalue weighted by Gasteiger charge is -2.26. The Morgan fingerprint density at radius 1 is 1.42 bits per heavy atom. The minimum absolute atomic E-state index is 0.110. The molecule has 0 spiro atoms. The fourth-order valence-electron chi connectivity index (χ4n) is 1.57. The van der Waals surface area contributed by atoms with Gasteiger partial charge in [-0.25, -0.2) is 9.97 Å². The van der Waals surface area contributed by atoms with Gasteiger partial charge in [0, 0.05) is 31.6 Å². The van der Waals surface area contributed by atoms with Crippen molar-refractivity contribution in [2.45, 2.75) is 45.6 Å². The largest absolute Gasteiger partial charge is 0.373 e. The minimum atomic E-state index is -0.110. The molecule has 1 aromatic heterocycles. The van der Waals surface area contributed by atoms with Gasteiger partial charge in [0.05, 0.1) is 12.5 Å². The highest BCUT2D eigenvalue weighted by Crippen LogP contribution is 2.24. The second kappa shape index (κ2) is 5.87. The standard InChI is InChI=1S/C14H23N5/c1-10(7-8-15)19(6)12-9-11(16-5)17-13(18-12)14(2,3)4/h9-10H,7H2,1-6H3,(H,16,17,18). The van der Waals surface area contributed by atoms with Crippen molar-refractivity contribution in [3.63, 3.8) is 0 Å². The maximum atomic E-state index is 8.80. The van der Waals surface area contributed by atoms with Crippen LogP contribution in [0.2, 0.25) is 0 Å². The summed E-state index contributed by atoms with van der Waals surface area (Å²) in [6.07, 6.45) is 0.472. The Morgan fingerprint density at radius 2 is 2.05 bits per heavy atom. The summed E-state index contributed by atoms with van der Waals surface area (Å²) in [5, 5.41) is 11.9. The number of aromatic nitrogens is 2. The second-order valence-corrected chi connectivity index (χ2v) is 5.76. The molecule has 1 N–H and O–H groups in total. The van der Waals surface area contributed by atoms with Crippen molar-refractivity contribution < 1.29 is 0 Å². The first kappa shape index (κ1) is 15.2. The molecule has 0 aliphatic rings. The van der Waals surface area contributed by atoms with Gasteiger partial charge in [-0.2, -0.15) is 5.26 Å². The second-order valence-electron chi connectivity index (χ2n) is 5.76. The molecule has 1 aromatic rings. The average molecular weight is 261 g/mol. The number of hydrogen-bond acceptors (Lipinski definition) is 5. The Hall–Kier alpha value is -1.83. The van der Waals surface area contributed by atoms with Gasteiger partial charge in [-0.3, -0.25) is 0 Å². The average Bonchev–Trinajstić information content (AvgIpc) is 2.36. The van der Waals surface area contributed by atoms with E-state index in [1.54, 1.807) is 0 Å². The van der Waals surface area contributed by atoms with Crippen LogP contribution in [0.25, 0.3) is 0 Å². The highest BCUT2D eigenvalue weighted by molar-refractivity contribution is 5.50. The minimum Gasteiger partial charge on any atom is -0.373 e. The molecule has 0 amide bonds. The van der Waals surface area contributed by atoms with Crippen molar-refractivity contribution in [3.05, 3.63) is 11.9 Å².